The first-order valence-electron chi connectivity index (χ1n) is 4.83. The van der Waals surface area contributed by atoms with Crippen molar-refractivity contribution >= 4 is 6.09 Å². The van der Waals surface area contributed by atoms with E-state index in [0.29, 0.717) is 0 Å². The molecule has 0 spiro atoms. The molecule has 4 heteroatoms. The standard InChI is InChI=1S/C10H19N2O2/c1-4-7-12(8-5-2)11-10(13)14-9-6-3/h6H,1,3-5,7-9H2,2H3,(H,11,13). The summed E-state index contributed by atoms with van der Waals surface area (Å²) in [5.41, 5.74) is 2.64. The van der Waals surface area contributed by atoms with Gasteiger partial charge in [0, 0.05) is 13.1 Å². The molecule has 0 aromatic carbocycles. The van der Waals surface area contributed by atoms with Crippen molar-refractivity contribution in [3.05, 3.63) is 19.6 Å². The third-order valence-corrected chi connectivity index (χ3v) is 1.50. The summed E-state index contributed by atoms with van der Waals surface area (Å²) in [7, 11) is 0. The first kappa shape index (κ1) is 13.0. The fourth-order valence-corrected chi connectivity index (χ4v) is 0.980. The molecule has 0 aromatic heterocycles. The van der Waals surface area contributed by atoms with Crippen LogP contribution >= 0.6 is 0 Å². The lowest BCUT2D eigenvalue weighted by atomic mass is 10.4. The highest BCUT2D eigenvalue weighted by atomic mass is 16.6. The van der Waals surface area contributed by atoms with Crippen molar-refractivity contribution < 1.29 is 9.53 Å². The summed E-state index contributed by atoms with van der Waals surface area (Å²) in [6, 6.07) is 0. The number of nitrogens with one attached hydrogen (secondary N) is 1. The number of amides is 1. The average Bonchev–Trinajstić information content (AvgIpc) is 2.15. The van der Waals surface area contributed by atoms with Crippen LogP contribution in [0, 0.1) is 6.92 Å². The summed E-state index contributed by atoms with van der Waals surface area (Å²) in [6.45, 7) is 11.0. The second-order valence-electron chi connectivity index (χ2n) is 2.84. The monoisotopic (exact) mass is 199 g/mol. The fourth-order valence-electron chi connectivity index (χ4n) is 0.980. The number of carbonyl (C=O) groups is 1. The Bertz CT molecular complexity index is 166. The van der Waals surface area contributed by atoms with E-state index in [2.05, 4.69) is 18.9 Å². The second-order valence-corrected chi connectivity index (χ2v) is 2.84. The van der Waals surface area contributed by atoms with Crippen LogP contribution in [0.3, 0.4) is 0 Å². The van der Waals surface area contributed by atoms with Gasteiger partial charge in [0.05, 0.1) is 0 Å². The zero-order chi connectivity index (χ0) is 10.8. The smallest absolute Gasteiger partial charge is 0.422 e. The van der Waals surface area contributed by atoms with Crippen LogP contribution in [0.25, 0.3) is 0 Å². The lowest BCUT2D eigenvalue weighted by molar-refractivity contribution is 0.114. The Morgan fingerprint density at radius 3 is 2.79 bits per heavy atom. The summed E-state index contributed by atoms with van der Waals surface area (Å²) < 4.78 is 4.78. The Balaban J connectivity index is 3.76. The van der Waals surface area contributed by atoms with E-state index in [-0.39, 0.29) is 6.61 Å². The lowest BCUT2D eigenvalue weighted by Crippen LogP contribution is -2.43. The molecule has 0 bridgehead atoms. The van der Waals surface area contributed by atoms with Crippen molar-refractivity contribution in [1.29, 1.82) is 0 Å². The molecular weight excluding hydrogens is 180 g/mol. The van der Waals surface area contributed by atoms with E-state index < -0.39 is 6.09 Å². The van der Waals surface area contributed by atoms with Crippen LogP contribution in [0.15, 0.2) is 12.7 Å². The number of hydrogen-bond donors (Lipinski definition) is 1. The van der Waals surface area contributed by atoms with E-state index in [1.54, 1.807) is 5.01 Å². The molecular formula is C10H19N2O2. The minimum Gasteiger partial charge on any atom is -0.444 e. The van der Waals surface area contributed by atoms with Crippen LogP contribution in [0.2, 0.25) is 0 Å². The zero-order valence-electron chi connectivity index (χ0n) is 8.79. The highest BCUT2D eigenvalue weighted by Gasteiger charge is 2.06. The lowest BCUT2D eigenvalue weighted by Gasteiger charge is -2.21. The van der Waals surface area contributed by atoms with E-state index in [4.69, 9.17) is 4.74 Å². The maximum Gasteiger partial charge on any atom is 0.422 e. The van der Waals surface area contributed by atoms with Gasteiger partial charge in [-0.15, -0.1) is 0 Å². The van der Waals surface area contributed by atoms with E-state index in [1.807, 2.05) is 6.92 Å². The molecule has 0 heterocycles. The van der Waals surface area contributed by atoms with Crippen molar-refractivity contribution in [2.75, 3.05) is 19.7 Å². The Kier molecular flexibility index (Phi) is 7.93. The SMILES string of the molecule is [CH2]CCN(CCC)NC(=O)OCC=C. The molecule has 0 rings (SSSR count). The maximum absolute atomic E-state index is 11.1. The minimum absolute atomic E-state index is 0.232. The molecule has 81 valence electrons. The molecule has 0 unspecified atom stereocenters. The summed E-state index contributed by atoms with van der Waals surface area (Å²) >= 11 is 0. The Morgan fingerprint density at radius 1 is 1.57 bits per heavy atom. The Labute approximate surface area is 85.9 Å². The van der Waals surface area contributed by atoms with Gasteiger partial charge in [-0.05, 0) is 12.8 Å². The highest BCUT2D eigenvalue weighted by molar-refractivity contribution is 5.66. The predicted molar refractivity (Wildman–Crippen MR) is 56.5 cm³/mol. The number of carbonyl (C=O) groups excluding carboxylic acids is 1. The number of ether oxygens (including phenoxy) is 1. The van der Waals surface area contributed by atoms with Crippen LogP contribution in [0.5, 0.6) is 0 Å². The Morgan fingerprint density at radius 2 is 2.29 bits per heavy atom. The van der Waals surface area contributed by atoms with Gasteiger partial charge in [-0.1, -0.05) is 26.5 Å². The number of rotatable bonds is 7. The Hall–Kier alpha value is -1.03. The van der Waals surface area contributed by atoms with Gasteiger partial charge in [0.25, 0.3) is 0 Å². The van der Waals surface area contributed by atoms with Gasteiger partial charge >= 0.3 is 6.09 Å². The quantitative estimate of drug-likeness (QED) is 0.501. The van der Waals surface area contributed by atoms with Crippen molar-refractivity contribution in [3.63, 3.8) is 0 Å². The van der Waals surface area contributed by atoms with Crippen LogP contribution < -0.4 is 5.43 Å². The van der Waals surface area contributed by atoms with E-state index in [0.717, 1.165) is 25.9 Å². The van der Waals surface area contributed by atoms with Crippen molar-refractivity contribution in [2.24, 2.45) is 0 Å². The summed E-state index contributed by atoms with van der Waals surface area (Å²) in [4.78, 5) is 11.1. The molecule has 4 nitrogen and oxygen atoms in total. The molecule has 0 aliphatic carbocycles. The molecule has 14 heavy (non-hydrogen) atoms. The maximum atomic E-state index is 11.1. The number of hydrazine groups is 1. The first-order chi connectivity index (χ1) is 6.74. The average molecular weight is 199 g/mol. The summed E-state index contributed by atoms with van der Waals surface area (Å²) in [6.07, 6.45) is 2.82. The third-order valence-electron chi connectivity index (χ3n) is 1.50. The molecule has 1 amide bonds. The van der Waals surface area contributed by atoms with Crippen molar-refractivity contribution in [2.45, 2.75) is 19.8 Å². The van der Waals surface area contributed by atoms with Crippen molar-refractivity contribution in [3.8, 4) is 0 Å². The molecule has 0 atom stereocenters. The van der Waals surface area contributed by atoms with Crippen LogP contribution in [0.1, 0.15) is 19.8 Å². The van der Waals surface area contributed by atoms with E-state index in [9.17, 15) is 4.79 Å². The summed E-state index contributed by atoms with van der Waals surface area (Å²) in [5.74, 6) is 0. The molecule has 0 aliphatic heterocycles. The third kappa shape index (κ3) is 6.48. The largest absolute Gasteiger partial charge is 0.444 e. The topological polar surface area (TPSA) is 41.6 Å². The van der Waals surface area contributed by atoms with Gasteiger partial charge in [-0.2, -0.15) is 0 Å². The van der Waals surface area contributed by atoms with Crippen LogP contribution in [0.4, 0.5) is 4.79 Å². The molecule has 0 aliphatic rings. The van der Waals surface area contributed by atoms with E-state index >= 15 is 0 Å². The normalized spacial score (nSPS) is 9.93. The van der Waals surface area contributed by atoms with E-state index in [1.165, 1.54) is 6.08 Å². The highest BCUT2D eigenvalue weighted by Crippen LogP contribution is 1.90. The van der Waals surface area contributed by atoms with Crippen LogP contribution in [-0.4, -0.2) is 30.8 Å². The van der Waals surface area contributed by atoms with Crippen molar-refractivity contribution in [1.82, 2.24) is 10.4 Å². The van der Waals surface area contributed by atoms with Gasteiger partial charge in [-0.25, -0.2) is 9.80 Å². The number of hydrogen-bond acceptors (Lipinski definition) is 3. The first-order valence-corrected chi connectivity index (χ1v) is 4.83. The van der Waals surface area contributed by atoms with Gasteiger partial charge in [0.2, 0.25) is 0 Å². The van der Waals surface area contributed by atoms with Crippen LogP contribution in [-0.2, 0) is 4.74 Å². The predicted octanol–water partition coefficient (Wildman–Crippen LogP) is 1.75. The molecule has 1 N–H and O–H groups in total. The fraction of sp³-hybridized carbons (Fsp3) is 0.600. The molecule has 0 saturated heterocycles. The van der Waals surface area contributed by atoms with Gasteiger partial charge in [-0.3, -0.25) is 5.43 Å². The number of nitrogens with zero attached hydrogens (tertiary/aromatic N) is 1. The van der Waals surface area contributed by atoms with Gasteiger partial charge < -0.3 is 4.74 Å². The molecule has 1 radical (unpaired) electrons. The molecule has 0 aromatic rings. The van der Waals surface area contributed by atoms with Gasteiger partial charge in [0.1, 0.15) is 6.61 Å². The molecule has 0 fully saturated rings. The van der Waals surface area contributed by atoms with Gasteiger partial charge in [0.15, 0.2) is 0 Å². The zero-order valence-corrected chi connectivity index (χ0v) is 8.79. The molecule has 0 saturated carbocycles. The second kappa shape index (κ2) is 8.56. The minimum atomic E-state index is -0.438. The summed E-state index contributed by atoms with van der Waals surface area (Å²) in [5, 5.41) is 1.80.